The van der Waals surface area contributed by atoms with Crippen LogP contribution in [0.5, 0.6) is 5.75 Å². The first-order chi connectivity index (χ1) is 34.6. The number of phenols is 1. The standard InChI is InChI=1S/C50H73N11O12/c1-5-28(4)41(47(70)55-34-15-9-14-32(34)48(71)61-23-11-17-38(61)45(68)58-37(49(72)73)25-29-12-7-6-8-13-29)60-44(67)36(24-30-18-20-31(62)21-19-30)57-46(69)40(27(2)3)59-43(66)35(16-10-22-54-50(52)53)56-42(65)33(51)26-39(63)64/h6-8,12-13,18-21,27-28,32-38,40-41,62H,5,9-11,14-17,22-26,51H2,1-4H3,(H,55,70)(H,56,65)(H,57,69)(H,58,68)(H,59,66)(H,60,67)(H,63,64)(H,72,73)(H4,52,53,54)/t28-,32-,33-,34-,35-,36-,37-,38-,40-,41-/m0/s1. The fraction of sp³-hybridized carbons (Fsp3) is 0.560. The number of guanidine groups is 1. The molecule has 15 N–H and O–H groups in total. The number of carboxylic acids is 2. The Balaban J connectivity index is 1.51. The van der Waals surface area contributed by atoms with Crippen molar-refractivity contribution in [3.8, 4) is 5.75 Å². The molecule has 2 fully saturated rings. The zero-order chi connectivity index (χ0) is 53.9. The van der Waals surface area contributed by atoms with Gasteiger partial charge < -0.3 is 69.3 Å². The van der Waals surface area contributed by atoms with Gasteiger partial charge in [-0.05, 0) is 73.6 Å². The Hall–Kier alpha value is -7.30. The number of phenolic OH excluding ortho intramolecular Hbond substituents is 1. The van der Waals surface area contributed by atoms with Crippen molar-refractivity contribution in [2.24, 2.45) is 39.9 Å². The number of aliphatic carboxylic acids is 2. The van der Waals surface area contributed by atoms with Crippen molar-refractivity contribution in [3.05, 3.63) is 65.7 Å². The molecule has 0 radical (unpaired) electrons. The van der Waals surface area contributed by atoms with Crippen LogP contribution in [-0.2, 0) is 56.0 Å². The van der Waals surface area contributed by atoms with Gasteiger partial charge in [0.1, 0.15) is 42.0 Å². The summed E-state index contributed by atoms with van der Waals surface area (Å²) in [5.41, 5.74) is 17.9. The molecule has 73 heavy (non-hydrogen) atoms. The molecule has 4 rings (SSSR count). The van der Waals surface area contributed by atoms with E-state index in [1.807, 2.05) is 6.92 Å². The van der Waals surface area contributed by atoms with E-state index in [1.165, 1.54) is 17.0 Å². The molecule has 1 aliphatic heterocycles. The minimum absolute atomic E-state index is 0.0399. The smallest absolute Gasteiger partial charge is 0.326 e. The summed E-state index contributed by atoms with van der Waals surface area (Å²) in [5, 5.41) is 45.3. The molecule has 0 spiro atoms. The predicted molar refractivity (Wildman–Crippen MR) is 268 cm³/mol. The van der Waals surface area contributed by atoms with Crippen LogP contribution in [0.4, 0.5) is 0 Å². The lowest BCUT2D eigenvalue weighted by molar-refractivity contribution is -0.145. The maximum atomic E-state index is 14.5. The highest BCUT2D eigenvalue weighted by Crippen LogP contribution is 2.31. The largest absolute Gasteiger partial charge is 0.508 e. The first-order valence-corrected chi connectivity index (χ1v) is 24.8. The quantitative estimate of drug-likeness (QED) is 0.0306. The van der Waals surface area contributed by atoms with Crippen LogP contribution in [0.2, 0.25) is 0 Å². The maximum Gasteiger partial charge on any atom is 0.326 e. The zero-order valence-electron chi connectivity index (χ0n) is 41.9. The number of aromatic hydroxyl groups is 1. The summed E-state index contributed by atoms with van der Waals surface area (Å²) in [4.78, 5) is 126. The minimum atomic E-state index is -1.49. The first kappa shape index (κ1) is 58.3. The lowest BCUT2D eigenvalue weighted by Gasteiger charge is -2.32. The Kier molecular flexibility index (Phi) is 22.4. The maximum absolute atomic E-state index is 14.5. The molecule has 2 aromatic rings. The topological polar surface area (TPSA) is 380 Å². The van der Waals surface area contributed by atoms with Crippen molar-refractivity contribution in [2.75, 3.05) is 13.1 Å². The van der Waals surface area contributed by atoms with Gasteiger partial charge in [-0.2, -0.15) is 0 Å². The molecule has 23 nitrogen and oxygen atoms in total. The SMILES string of the molecule is CC[C@H](C)[C@H](NC(=O)[C@H](Cc1ccc(O)cc1)NC(=O)[C@@H](NC(=O)[C@H](CCCN=C(N)N)NC(=O)[C@@H](N)CC(=O)O)C(C)C)C(=O)N[C@H]1CCC[C@@H]1C(=O)N1CCC[C@H]1C(=O)N[C@@H](Cc1ccccc1)C(=O)O. The second kappa shape index (κ2) is 28.1. The van der Waals surface area contributed by atoms with Crippen LogP contribution in [0, 0.1) is 17.8 Å². The lowest BCUT2D eigenvalue weighted by atomic mass is 9.95. The van der Waals surface area contributed by atoms with E-state index in [4.69, 9.17) is 22.3 Å². The van der Waals surface area contributed by atoms with Gasteiger partial charge >= 0.3 is 11.9 Å². The van der Waals surface area contributed by atoms with Crippen molar-refractivity contribution in [3.63, 3.8) is 0 Å². The summed E-state index contributed by atoms with van der Waals surface area (Å²) in [7, 11) is 0. The third kappa shape index (κ3) is 17.8. The predicted octanol–water partition coefficient (Wildman–Crippen LogP) is -0.480. The number of benzene rings is 2. The van der Waals surface area contributed by atoms with Crippen molar-refractivity contribution in [1.82, 2.24) is 36.8 Å². The van der Waals surface area contributed by atoms with E-state index in [-0.39, 0.29) is 56.4 Å². The fourth-order valence-electron chi connectivity index (χ4n) is 8.95. The van der Waals surface area contributed by atoms with Crippen molar-refractivity contribution >= 4 is 59.2 Å². The molecule has 2 aliphatic rings. The number of hydrogen-bond acceptors (Lipinski definition) is 12. The minimum Gasteiger partial charge on any atom is -0.508 e. The molecule has 1 saturated heterocycles. The number of nitrogens with two attached hydrogens (primary N) is 3. The lowest BCUT2D eigenvalue weighted by Crippen LogP contribution is -2.61. The van der Waals surface area contributed by atoms with E-state index in [0.717, 1.165) is 5.56 Å². The molecule has 23 heteroatoms. The highest BCUT2D eigenvalue weighted by Gasteiger charge is 2.44. The van der Waals surface area contributed by atoms with E-state index >= 15 is 0 Å². The van der Waals surface area contributed by atoms with Gasteiger partial charge in [0.25, 0.3) is 0 Å². The van der Waals surface area contributed by atoms with E-state index < -0.39 is 120 Å². The van der Waals surface area contributed by atoms with Gasteiger partial charge in [0.05, 0.1) is 18.4 Å². The van der Waals surface area contributed by atoms with Gasteiger partial charge in [0.15, 0.2) is 5.96 Å². The Labute approximate surface area is 424 Å². The van der Waals surface area contributed by atoms with Gasteiger partial charge in [-0.15, -0.1) is 0 Å². The monoisotopic (exact) mass is 1020 g/mol. The third-order valence-electron chi connectivity index (χ3n) is 13.3. The Morgan fingerprint density at radius 1 is 0.712 bits per heavy atom. The van der Waals surface area contributed by atoms with E-state index in [2.05, 4.69) is 36.9 Å². The van der Waals surface area contributed by atoms with E-state index in [1.54, 1.807) is 63.2 Å². The number of aliphatic imine (C=N–C) groups is 1. The highest BCUT2D eigenvalue weighted by molar-refractivity contribution is 5.97. The van der Waals surface area contributed by atoms with Crippen LogP contribution < -0.4 is 49.1 Å². The average molecular weight is 1020 g/mol. The Bertz CT molecular complexity index is 2280. The van der Waals surface area contributed by atoms with Crippen molar-refractivity contribution < 1.29 is 58.5 Å². The molecule has 0 unspecified atom stereocenters. The van der Waals surface area contributed by atoms with E-state index in [9.17, 15) is 53.4 Å². The Morgan fingerprint density at radius 2 is 1.33 bits per heavy atom. The number of amides is 7. The summed E-state index contributed by atoms with van der Waals surface area (Å²) in [6.07, 6.45) is 2.07. The van der Waals surface area contributed by atoms with Crippen LogP contribution >= 0.6 is 0 Å². The van der Waals surface area contributed by atoms with Crippen molar-refractivity contribution in [1.29, 1.82) is 0 Å². The molecule has 2 aromatic carbocycles. The highest BCUT2D eigenvalue weighted by atomic mass is 16.4. The van der Waals surface area contributed by atoms with Crippen LogP contribution in [0.3, 0.4) is 0 Å². The zero-order valence-corrected chi connectivity index (χ0v) is 41.9. The molecule has 0 bridgehead atoms. The molecule has 400 valence electrons. The number of carboxylic acid groups (broad SMARTS) is 2. The van der Waals surface area contributed by atoms with E-state index in [0.29, 0.717) is 44.1 Å². The molecule has 10 atom stereocenters. The number of nitrogens with one attached hydrogen (secondary N) is 6. The average Bonchev–Trinajstić information content (AvgIpc) is 4.03. The number of carbonyl (C=O) groups excluding carboxylic acids is 7. The van der Waals surface area contributed by atoms with Crippen LogP contribution in [-0.4, -0.2) is 141 Å². The second-order valence-electron chi connectivity index (χ2n) is 19.2. The van der Waals surface area contributed by atoms with Crippen LogP contribution in [0.15, 0.2) is 59.6 Å². The van der Waals surface area contributed by atoms with Gasteiger partial charge in [0, 0.05) is 32.0 Å². The number of rotatable bonds is 27. The van der Waals surface area contributed by atoms with Crippen molar-refractivity contribution in [2.45, 2.75) is 147 Å². The normalized spacial score (nSPS) is 19.2. The van der Waals surface area contributed by atoms with Crippen LogP contribution in [0.1, 0.15) is 96.6 Å². The molecular formula is C50H73N11O12. The second-order valence-corrected chi connectivity index (χ2v) is 19.2. The fourth-order valence-corrected chi connectivity index (χ4v) is 8.95. The molecule has 1 saturated carbocycles. The van der Waals surface area contributed by atoms with Crippen LogP contribution in [0.25, 0.3) is 0 Å². The summed E-state index contributed by atoms with van der Waals surface area (Å²) in [6.45, 7) is 7.21. The van der Waals surface area contributed by atoms with Gasteiger partial charge in [0.2, 0.25) is 41.4 Å². The summed E-state index contributed by atoms with van der Waals surface area (Å²) < 4.78 is 0. The molecule has 0 aromatic heterocycles. The third-order valence-corrected chi connectivity index (χ3v) is 13.3. The van der Waals surface area contributed by atoms with Gasteiger partial charge in [-0.3, -0.25) is 43.3 Å². The van der Waals surface area contributed by atoms with Gasteiger partial charge in [-0.1, -0.05) is 83.0 Å². The summed E-state index contributed by atoms with van der Waals surface area (Å²) in [6, 6.07) is 5.36. The number of hydrogen-bond donors (Lipinski definition) is 12. The summed E-state index contributed by atoms with van der Waals surface area (Å²) >= 11 is 0. The summed E-state index contributed by atoms with van der Waals surface area (Å²) in [5.74, 6) is -9.36. The first-order valence-electron chi connectivity index (χ1n) is 24.8. The van der Waals surface area contributed by atoms with Gasteiger partial charge in [-0.25, -0.2) is 4.79 Å². The molecule has 1 aliphatic carbocycles. The molecule has 1 heterocycles. The number of nitrogens with zero attached hydrogens (tertiary/aromatic N) is 2. The number of carbonyl (C=O) groups is 9. The Morgan fingerprint density at radius 3 is 1.95 bits per heavy atom. The molecular weight excluding hydrogens is 947 g/mol. The number of likely N-dealkylation sites (tertiary alicyclic amines) is 1. The molecule has 7 amide bonds.